The Morgan fingerprint density at radius 3 is 2.76 bits per heavy atom. The summed E-state index contributed by atoms with van der Waals surface area (Å²) in [7, 11) is 0. The second kappa shape index (κ2) is 8.88. The molecule has 0 radical (unpaired) electrons. The molecule has 3 heterocycles. The molecular weight excluding hydrogens is 430 g/mol. The average Bonchev–Trinajstić information content (AvgIpc) is 3.29. The van der Waals surface area contributed by atoms with Gasteiger partial charge in [-0.3, -0.25) is 9.20 Å². The van der Waals surface area contributed by atoms with E-state index in [1.807, 2.05) is 47.9 Å². The standard InChI is InChI=1S/C25H19N7O2/c1-3-4-23(33)30-18-5-7-20-19(12-18)25(28-14-27-20)31-17-6-8-21(16(2)11-17)34-24-13-22-26-9-10-32(22)15-29-24/h5-15H,1-2H3,(H,30,33)(H,27,28,31). The first-order chi connectivity index (χ1) is 16.6. The summed E-state index contributed by atoms with van der Waals surface area (Å²) in [5, 5.41) is 6.84. The lowest BCUT2D eigenvalue weighted by atomic mass is 10.1. The van der Waals surface area contributed by atoms with Crippen LogP contribution in [0.15, 0.2) is 67.5 Å². The van der Waals surface area contributed by atoms with E-state index in [2.05, 4.69) is 42.4 Å². The monoisotopic (exact) mass is 449 g/mol. The molecule has 0 fully saturated rings. The van der Waals surface area contributed by atoms with Crippen LogP contribution in [0.2, 0.25) is 0 Å². The molecule has 2 N–H and O–H groups in total. The van der Waals surface area contributed by atoms with Crippen LogP contribution in [0.5, 0.6) is 11.6 Å². The van der Waals surface area contributed by atoms with Crippen LogP contribution in [-0.4, -0.2) is 30.2 Å². The van der Waals surface area contributed by atoms with Gasteiger partial charge >= 0.3 is 0 Å². The Balaban J connectivity index is 1.39. The van der Waals surface area contributed by atoms with Gasteiger partial charge in [-0.05, 0) is 61.7 Å². The Kier molecular flexibility index (Phi) is 5.46. The molecule has 9 heteroatoms. The fourth-order valence-corrected chi connectivity index (χ4v) is 3.46. The van der Waals surface area contributed by atoms with E-state index in [0.29, 0.717) is 23.1 Å². The van der Waals surface area contributed by atoms with E-state index in [1.54, 1.807) is 31.6 Å². The summed E-state index contributed by atoms with van der Waals surface area (Å²) < 4.78 is 7.78. The predicted molar refractivity (Wildman–Crippen MR) is 129 cm³/mol. The number of imidazole rings is 1. The highest BCUT2D eigenvalue weighted by atomic mass is 16.5. The molecular formula is C25H19N7O2. The molecule has 0 bridgehead atoms. The number of benzene rings is 2. The van der Waals surface area contributed by atoms with Crippen molar-refractivity contribution in [3.05, 3.63) is 73.1 Å². The summed E-state index contributed by atoms with van der Waals surface area (Å²) in [6, 6.07) is 12.9. The smallest absolute Gasteiger partial charge is 0.300 e. The Labute approximate surface area is 194 Å². The van der Waals surface area contributed by atoms with Gasteiger partial charge in [-0.25, -0.2) is 19.9 Å². The van der Waals surface area contributed by atoms with Gasteiger partial charge in [-0.2, -0.15) is 0 Å². The zero-order chi connectivity index (χ0) is 23.5. The zero-order valence-electron chi connectivity index (χ0n) is 18.4. The van der Waals surface area contributed by atoms with Crippen molar-refractivity contribution in [1.82, 2.24) is 24.3 Å². The summed E-state index contributed by atoms with van der Waals surface area (Å²) >= 11 is 0. The number of nitrogens with one attached hydrogen (secondary N) is 2. The van der Waals surface area contributed by atoms with Gasteiger partial charge in [-0.15, -0.1) is 0 Å². The van der Waals surface area contributed by atoms with Crippen LogP contribution in [0.1, 0.15) is 12.5 Å². The van der Waals surface area contributed by atoms with Crippen LogP contribution < -0.4 is 15.4 Å². The van der Waals surface area contributed by atoms with Crippen LogP contribution in [0.3, 0.4) is 0 Å². The number of carbonyl (C=O) groups excluding carboxylic acids is 1. The first-order valence-electron chi connectivity index (χ1n) is 10.4. The molecule has 0 atom stereocenters. The van der Waals surface area contributed by atoms with Crippen molar-refractivity contribution in [3.63, 3.8) is 0 Å². The minimum atomic E-state index is -0.374. The normalized spacial score (nSPS) is 10.5. The molecule has 2 aromatic carbocycles. The molecule has 5 rings (SSSR count). The fraction of sp³-hybridized carbons (Fsp3) is 0.0800. The number of hydrogen-bond donors (Lipinski definition) is 2. The molecule has 34 heavy (non-hydrogen) atoms. The second-order valence-corrected chi connectivity index (χ2v) is 7.41. The topological polar surface area (TPSA) is 106 Å². The second-order valence-electron chi connectivity index (χ2n) is 7.41. The van der Waals surface area contributed by atoms with E-state index in [1.165, 1.54) is 6.33 Å². The summed E-state index contributed by atoms with van der Waals surface area (Å²) in [5.74, 6) is 6.44. The van der Waals surface area contributed by atoms with Gasteiger partial charge in [0.05, 0.1) is 5.52 Å². The molecule has 3 aromatic heterocycles. The lowest BCUT2D eigenvalue weighted by Gasteiger charge is -2.12. The SMILES string of the molecule is CC#CC(=O)Nc1ccc2ncnc(Nc3ccc(Oc4cc5nccn5cn4)c(C)c3)c2c1. The zero-order valence-corrected chi connectivity index (χ0v) is 18.4. The average molecular weight is 449 g/mol. The highest BCUT2D eigenvalue weighted by Crippen LogP contribution is 2.30. The quantitative estimate of drug-likeness (QED) is 0.381. The van der Waals surface area contributed by atoms with Crippen LogP contribution in [0.4, 0.5) is 17.2 Å². The lowest BCUT2D eigenvalue weighted by molar-refractivity contribution is -0.111. The first kappa shape index (κ1) is 20.9. The van der Waals surface area contributed by atoms with Crippen LogP contribution in [-0.2, 0) is 4.79 Å². The third-order valence-electron chi connectivity index (χ3n) is 5.04. The first-order valence-corrected chi connectivity index (χ1v) is 10.4. The van der Waals surface area contributed by atoms with Crippen molar-refractivity contribution in [1.29, 1.82) is 0 Å². The van der Waals surface area contributed by atoms with Gasteiger partial charge in [0.25, 0.3) is 5.91 Å². The molecule has 0 aliphatic heterocycles. The number of fused-ring (bicyclic) bond motifs is 2. The minimum Gasteiger partial charge on any atom is -0.439 e. The maximum Gasteiger partial charge on any atom is 0.300 e. The number of anilines is 3. The van der Waals surface area contributed by atoms with Gasteiger partial charge < -0.3 is 15.4 Å². The molecule has 0 aliphatic carbocycles. The van der Waals surface area contributed by atoms with Crippen molar-refractivity contribution in [3.8, 4) is 23.5 Å². The third kappa shape index (κ3) is 4.33. The van der Waals surface area contributed by atoms with Gasteiger partial charge in [0.2, 0.25) is 5.88 Å². The van der Waals surface area contributed by atoms with Crippen LogP contribution in [0, 0.1) is 18.8 Å². The van der Waals surface area contributed by atoms with Crippen molar-refractivity contribution in [2.75, 3.05) is 10.6 Å². The van der Waals surface area contributed by atoms with E-state index in [-0.39, 0.29) is 5.91 Å². The molecule has 0 saturated heterocycles. The van der Waals surface area contributed by atoms with E-state index in [0.717, 1.165) is 27.8 Å². The van der Waals surface area contributed by atoms with Gasteiger partial charge in [0.1, 0.15) is 29.9 Å². The molecule has 0 aliphatic rings. The van der Waals surface area contributed by atoms with Crippen LogP contribution >= 0.6 is 0 Å². The van der Waals surface area contributed by atoms with Crippen molar-refractivity contribution in [2.24, 2.45) is 0 Å². The fourth-order valence-electron chi connectivity index (χ4n) is 3.46. The minimum absolute atomic E-state index is 0.374. The highest BCUT2D eigenvalue weighted by molar-refractivity contribution is 6.05. The largest absolute Gasteiger partial charge is 0.439 e. The third-order valence-corrected chi connectivity index (χ3v) is 5.04. The van der Waals surface area contributed by atoms with Crippen LogP contribution in [0.25, 0.3) is 16.6 Å². The number of nitrogens with zero attached hydrogens (tertiary/aromatic N) is 5. The van der Waals surface area contributed by atoms with Crippen molar-refractivity contribution < 1.29 is 9.53 Å². The van der Waals surface area contributed by atoms with E-state index in [4.69, 9.17) is 4.74 Å². The summed E-state index contributed by atoms with van der Waals surface area (Å²) in [6.07, 6.45) is 6.69. The molecule has 9 nitrogen and oxygen atoms in total. The van der Waals surface area contributed by atoms with E-state index < -0.39 is 0 Å². The van der Waals surface area contributed by atoms with E-state index >= 15 is 0 Å². The summed E-state index contributed by atoms with van der Waals surface area (Å²) in [4.78, 5) is 29.1. The molecule has 0 spiro atoms. The van der Waals surface area contributed by atoms with Gasteiger partial charge in [-0.1, -0.05) is 5.92 Å². The number of aromatic nitrogens is 5. The Morgan fingerprint density at radius 2 is 1.91 bits per heavy atom. The number of ether oxygens (including phenoxy) is 1. The number of aryl methyl sites for hydroxylation is 1. The Bertz CT molecular complexity index is 1600. The van der Waals surface area contributed by atoms with Gasteiger partial charge in [0, 0.05) is 35.2 Å². The molecule has 0 unspecified atom stereocenters. The lowest BCUT2D eigenvalue weighted by Crippen LogP contribution is -2.08. The van der Waals surface area contributed by atoms with E-state index in [9.17, 15) is 4.79 Å². The maximum atomic E-state index is 11.8. The van der Waals surface area contributed by atoms with Crippen molar-refractivity contribution >= 4 is 39.6 Å². The van der Waals surface area contributed by atoms with Crippen molar-refractivity contribution in [2.45, 2.75) is 13.8 Å². The highest BCUT2D eigenvalue weighted by Gasteiger charge is 2.09. The Hall–Kier alpha value is -4.97. The number of carbonyl (C=O) groups is 1. The molecule has 5 aromatic rings. The Morgan fingerprint density at radius 1 is 1.03 bits per heavy atom. The number of amides is 1. The van der Waals surface area contributed by atoms with Gasteiger partial charge in [0.15, 0.2) is 0 Å². The predicted octanol–water partition coefficient (Wildman–Crippen LogP) is 4.48. The summed E-state index contributed by atoms with van der Waals surface area (Å²) in [5.41, 5.74) is 3.86. The number of hydrogen-bond acceptors (Lipinski definition) is 7. The maximum absolute atomic E-state index is 11.8. The molecule has 166 valence electrons. The summed E-state index contributed by atoms with van der Waals surface area (Å²) in [6.45, 7) is 3.57. The number of rotatable bonds is 5. The molecule has 0 saturated carbocycles. The molecule has 1 amide bonds.